The van der Waals surface area contributed by atoms with Crippen molar-refractivity contribution in [3.8, 4) is 11.3 Å². The SMILES string of the molecule is [B]c1cnn2c(NCCCCNC(=O)C3CC3)cc(-c3ccccc3Cl)nc12. The van der Waals surface area contributed by atoms with Gasteiger partial charge in [0.1, 0.15) is 13.7 Å². The number of anilines is 1. The van der Waals surface area contributed by atoms with E-state index in [2.05, 4.69) is 20.7 Å². The van der Waals surface area contributed by atoms with Crippen LogP contribution in [0.4, 0.5) is 5.82 Å². The number of rotatable bonds is 8. The zero-order chi connectivity index (χ0) is 19.5. The molecule has 2 heterocycles. The van der Waals surface area contributed by atoms with Gasteiger partial charge in [-0.15, -0.1) is 0 Å². The van der Waals surface area contributed by atoms with E-state index in [-0.39, 0.29) is 11.8 Å². The average molecular weight is 394 g/mol. The highest BCUT2D eigenvalue weighted by molar-refractivity contribution is 6.36. The first kappa shape index (κ1) is 18.8. The molecule has 3 aromatic rings. The third-order valence-corrected chi connectivity index (χ3v) is 5.14. The van der Waals surface area contributed by atoms with Crippen LogP contribution in [-0.2, 0) is 4.79 Å². The Labute approximate surface area is 170 Å². The smallest absolute Gasteiger partial charge is 0.223 e. The van der Waals surface area contributed by atoms with E-state index in [4.69, 9.17) is 19.4 Å². The van der Waals surface area contributed by atoms with Crippen molar-refractivity contribution < 1.29 is 4.79 Å². The topological polar surface area (TPSA) is 71.3 Å². The molecule has 2 N–H and O–H groups in total. The van der Waals surface area contributed by atoms with E-state index < -0.39 is 0 Å². The van der Waals surface area contributed by atoms with Gasteiger partial charge in [-0.05, 0) is 37.2 Å². The molecule has 1 saturated carbocycles. The molecule has 1 fully saturated rings. The van der Waals surface area contributed by atoms with E-state index in [1.165, 1.54) is 0 Å². The Morgan fingerprint density at radius 3 is 2.82 bits per heavy atom. The highest BCUT2D eigenvalue weighted by Crippen LogP contribution is 2.29. The second-order valence-electron chi connectivity index (χ2n) is 7.04. The number of halogens is 1. The van der Waals surface area contributed by atoms with Crippen LogP contribution in [0, 0.1) is 5.92 Å². The monoisotopic (exact) mass is 393 g/mol. The molecule has 2 radical (unpaired) electrons. The van der Waals surface area contributed by atoms with Gasteiger partial charge in [-0.3, -0.25) is 4.79 Å². The Balaban J connectivity index is 1.44. The highest BCUT2D eigenvalue weighted by atomic mass is 35.5. The summed E-state index contributed by atoms with van der Waals surface area (Å²) < 4.78 is 1.70. The predicted octanol–water partition coefficient (Wildman–Crippen LogP) is 2.56. The molecule has 4 rings (SSSR count). The van der Waals surface area contributed by atoms with Crippen molar-refractivity contribution in [3.05, 3.63) is 41.6 Å². The third-order valence-electron chi connectivity index (χ3n) is 4.81. The molecule has 142 valence electrons. The number of aromatic nitrogens is 3. The maximum absolute atomic E-state index is 11.6. The maximum atomic E-state index is 11.6. The van der Waals surface area contributed by atoms with E-state index in [0.717, 1.165) is 49.3 Å². The second-order valence-corrected chi connectivity index (χ2v) is 7.45. The van der Waals surface area contributed by atoms with Crippen molar-refractivity contribution in [1.82, 2.24) is 19.9 Å². The number of hydrogen-bond donors (Lipinski definition) is 2. The van der Waals surface area contributed by atoms with Gasteiger partial charge in [0, 0.05) is 41.9 Å². The van der Waals surface area contributed by atoms with Gasteiger partial charge in [0.05, 0.1) is 5.69 Å². The fourth-order valence-corrected chi connectivity index (χ4v) is 3.31. The van der Waals surface area contributed by atoms with Gasteiger partial charge < -0.3 is 10.6 Å². The highest BCUT2D eigenvalue weighted by Gasteiger charge is 2.28. The van der Waals surface area contributed by atoms with Crippen molar-refractivity contribution in [1.29, 1.82) is 0 Å². The van der Waals surface area contributed by atoms with Crippen molar-refractivity contribution >= 4 is 42.3 Å². The van der Waals surface area contributed by atoms with Gasteiger partial charge in [-0.25, -0.2) is 4.98 Å². The van der Waals surface area contributed by atoms with Crippen LogP contribution < -0.4 is 16.1 Å². The number of unbranched alkanes of at least 4 members (excludes halogenated alkanes) is 1. The number of amides is 1. The first-order valence-corrected chi connectivity index (χ1v) is 9.92. The summed E-state index contributed by atoms with van der Waals surface area (Å²) in [5.41, 5.74) is 2.69. The van der Waals surface area contributed by atoms with Crippen LogP contribution in [0.25, 0.3) is 16.9 Å². The summed E-state index contributed by atoms with van der Waals surface area (Å²) >= 11 is 6.34. The number of carbonyl (C=O) groups excluding carboxylic acids is 1. The quantitative estimate of drug-likeness (QED) is 0.456. The molecule has 8 heteroatoms. The molecule has 1 amide bonds. The van der Waals surface area contributed by atoms with Crippen LogP contribution in [0.15, 0.2) is 36.5 Å². The van der Waals surface area contributed by atoms with E-state index >= 15 is 0 Å². The summed E-state index contributed by atoms with van der Waals surface area (Å²) in [5.74, 6) is 1.26. The van der Waals surface area contributed by atoms with E-state index in [9.17, 15) is 4.79 Å². The number of carbonyl (C=O) groups is 1. The summed E-state index contributed by atoms with van der Waals surface area (Å²) in [6, 6.07) is 9.51. The minimum absolute atomic E-state index is 0.195. The van der Waals surface area contributed by atoms with Gasteiger partial charge in [0.15, 0.2) is 5.65 Å². The molecule has 2 aromatic heterocycles. The van der Waals surface area contributed by atoms with Gasteiger partial charge in [-0.1, -0.05) is 29.8 Å². The maximum Gasteiger partial charge on any atom is 0.223 e. The summed E-state index contributed by atoms with van der Waals surface area (Å²) in [5, 5.41) is 11.3. The molecule has 1 aliphatic carbocycles. The fourth-order valence-electron chi connectivity index (χ4n) is 3.08. The van der Waals surface area contributed by atoms with Crippen LogP contribution in [0.3, 0.4) is 0 Å². The molecule has 0 unspecified atom stereocenters. The van der Waals surface area contributed by atoms with Crippen molar-refractivity contribution in [2.75, 3.05) is 18.4 Å². The van der Waals surface area contributed by atoms with Crippen LogP contribution in [0.1, 0.15) is 25.7 Å². The zero-order valence-corrected chi connectivity index (χ0v) is 16.2. The van der Waals surface area contributed by atoms with Gasteiger partial charge in [0.2, 0.25) is 5.91 Å². The molecule has 0 bridgehead atoms. The standard InChI is InChI=1S/C20H21BClN5O/c21-15-12-25-27-18(23-9-3-4-10-24-20(28)13-7-8-13)11-17(26-19(15)27)14-5-1-2-6-16(14)22/h1-2,5-6,11-13,23H,3-4,7-10H2,(H,24,28). The van der Waals surface area contributed by atoms with Crippen LogP contribution >= 0.6 is 11.6 Å². The molecule has 0 atom stereocenters. The Morgan fingerprint density at radius 2 is 2.04 bits per heavy atom. The molecule has 0 saturated heterocycles. The molecule has 1 aromatic carbocycles. The van der Waals surface area contributed by atoms with Gasteiger partial charge >= 0.3 is 0 Å². The van der Waals surface area contributed by atoms with Crippen LogP contribution in [0.2, 0.25) is 5.02 Å². The summed E-state index contributed by atoms with van der Waals surface area (Å²) in [6.45, 7) is 1.46. The lowest BCUT2D eigenvalue weighted by molar-refractivity contribution is -0.122. The lowest BCUT2D eigenvalue weighted by Gasteiger charge is -2.12. The molecule has 0 spiro atoms. The Hall–Kier alpha value is -2.54. The number of hydrogen-bond acceptors (Lipinski definition) is 4. The molecule has 1 aliphatic rings. The lowest BCUT2D eigenvalue weighted by atomic mass is 10.0. The molecule has 28 heavy (non-hydrogen) atoms. The molecular formula is C20H21BClN5O. The van der Waals surface area contributed by atoms with E-state index in [1.54, 1.807) is 10.7 Å². The Morgan fingerprint density at radius 1 is 1.25 bits per heavy atom. The number of nitrogens with zero attached hydrogens (tertiary/aromatic N) is 3. The summed E-state index contributed by atoms with van der Waals surface area (Å²) in [4.78, 5) is 16.3. The minimum Gasteiger partial charge on any atom is -0.370 e. The first-order chi connectivity index (χ1) is 13.6. The van der Waals surface area contributed by atoms with Crippen molar-refractivity contribution in [2.45, 2.75) is 25.7 Å². The fraction of sp³-hybridized carbons (Fsp3) is 0.350. The normalized spacial score (nSPS) is 13.6. The predicted molar refractivity (Wildman–Crippen MR) is 112 cm³/mol. The van der Waals surface area contributed by atoms with E-state index in [1.807, 2.05) is 30.3 Å². The average Bonchev–Trinajstić information content (AvgIpc) is 3.48. The van der Waals surface area contributed by atoms with Gasteiger partial charge in [0.25, 0.3) is 0 Å². The number of nitrogens with one attached hydrogen (secondary N) is 2. The first-order valence-electron chi connectivity index (χ1n) is 9.54. The van der Waals surface area contributed by atoms with Crippen LogP contribution in [0.5, 0.6) is 0 Å². The lowest BCUT2D eigenvalue weighted by Crippen LogP contribution is -2.26. The second kappa shape index (κ2) is 8.23. The summed E-state index contributed by atoms with van der Waals surface area (Å²) in [6.07, 6.45) is 5.50. The van der Waals surface area contributed by atoms with Crippen LogP contribution in [-0.4, -0.2) is 41.4 Å². The summed E-state index contributed by atoms with van der Waals surface area (Å²) in [7, 11) is 6.04. The van der Waals surface area contributed by atoms with Gasteiger partial charge in [-0.2, -0.15) is 9.61 Å². The van der Waals surface area contributed by atoms with Crippen molar-refractivity contribution in [3.63, 3.8) is 0 Å². The zero-order valence-electron chi connectivity index (χ0n) is 15.5. The third kappa shape index (κ3) is 4.14. The van der Waals surface area contributed by atoms with E-state index in [0.29, 0.717) is 22.7 Å². The van der Waals surface area contributed by atoms with Crippen molar-refractivity contribution in [2.24, 2.45) is 5.92 Å². The largest absolute Gasteiger partial charge is 0.370 e. The molecule has 0 aliphatic heterocycles. The molecule has 6 nitrogen and oxygen atoms in total. The Kier molecular flexibility index (Phi) is 5.53. The molecular weight excluding hydrogens is 373 g/mol. The minimum atomic E-state index is 0.195. The number of benzene rings is 1. The number of fused-ring (bicyclic) bond motifs is 1. The Bertz CT molecular complexity index is 1000.